The monoisotopic (exact) mass is 241 g/mol. The molecule has 0 saturated carbocycles. The normalized spacial score (nSPS) is 14.6. The molecule has 4 heteroatoms. The van der Waals surface area contributed by atoms with E-state index in [2.05, 4.69) is 0 Å². The summed E-state index contributed by atoms with van der Waals surface area (Å²) in [4.78, 5) is 0. The molecule has 16 heavy (non-hydrogen) atoms. The van der Waals surface area contributed by atoms with Crippen molar-refractivity contribution in [2.75, 3.05) is 19.8 Å². The number of halogens is 1. The Morgan fingerprint density at radius 1 is 1.19 bits per heavy atom. The Morgan fingerprint density at radius 3 is 2.69 bits per heavy atom. The van der Waals surface area contributed by atoms with Gasteiger partial charge in [-0.3, -0.25) is 0 Å². The minimum absolute atomic E-state index is 0.619. The number of rotatable bonds is 3. The summed E-state index contributed by atoms with van der Waals surface area (Å²) in [5.41, 5.74) is 6.65. The maximum Gasteiger partial charge on any atom is 0.180 e. The molecule has 1 aliphatic heterocycles. The van der Waals surface area contributed by atoms with Crippen LogP contribution in [-0.4, -0.2) is 19.8 Å². The lowest BCUT2D eigenvalue weighted by Crippen LogP contribution is -2.03. The highest BCUT2D eigenvalue weighted by atomic mass is 35.5. The summed E-state index contributed by atoms with van der Waals surface area (Å²) in [6.07, 6.45) is 2.73. The van der Waals surface area contributed by atoms with Crippen LogP contribution in [0.1, 0.15) is 18.4 Å². The molecule has 0 radical (unpaired) electrons. The van der Waals surface area contributed by atoms with E-state index in [9.17, 15) is 0 Å². The molecule has 2 rings (SSSR count). The Labute approximate surface area is 100 Å². The SMILES string of the molecule is NCCCc1ccc(Cl)c2c1OCCCO2. The fourth-order valence-electron chi connectivity index (χ4n) is 1.77. The average molecular weight is 242 g/mol. The standard InChI is InChI=1S/C12H16ClNO2/c13-10-5-4-9(3-1-6-14)11-12(10)16-8-2-7-15-11/h4-5H,1-3,6-8,14H2. The topological polar surface area (TPSA) is 44.5 Å². The van der Waals surface area contributed by atoms with Gasteiger partial charge in [0.05, 0.1) is 18.2 Å². The molecule has 88 valence electrons. The van der Waals surface area contributed by atoms with E-state index in [4.69, 9.17) is 26.8 Å². The fraction of sp³-hybridized carbons (Fsp3) is 0.500. The molecule has 0 aromatic heterocycles. The van der Waals surface area contributed by atoms with Crippen LogP contribution in [-0.2, 0) is 6.42 Å². The first-order chi connectivity index (χ1) is 7.83. The summed E-state index contributed by atoms with van der Waals surface area (Å²) in [5, 5.41) is 0.619. The van der Waals surface area contributed by atoms with Gasteiger partial charge in [0.1, 0.15) is 0 Å². The van der Waals surface area contributed by atoms with E-state index < -0.39 is 0 Å². The molecule has 1 aliphatic rings. The van der Waals surface area contributed by atoms with E-state index >= 15 is 0 Å². The Morgan fingerprint density at radius 2 is 1.94 bits per heavy atom. The van der Waals surface area contributed by atoms with Crippen LogP contribution in [0.25, 0.3) is 0 Å². The third-order valence-electron chi connectivity index (χ3n) is 2.58. The molecular weight excluding hydrogens is 226 g/mol. The number of ether oxygens (including phenoxy) is 2. The lowest BCUT2D eigenvalue weighted by molar-refractivity contribution is 0.296. The van der Waals surface area contributed by atoms with Crippen LogP contribution < -0.4 is 15.2 Å². The lowest BCUT2D eigenvalue weighted by Gasteiger charge is -2.13. The van der Waals surface area contributed by atoms with Crippen molar-refractivity contribution in [2.45, 2.75) is 19.3 Å². The number of fused-ring (bicyclic) bond motifs is 1. The first-order valence-corrected chi connectivity index (χ1v) is 5.98. The van der Waals surface area contributed by atoms with Crippen molar-refractivity contribution in [3.63, 3.8) is 0 Å². The molecule has 1 aromatic rings. The second kappa shape index (κ2) is 5.41. The predicted molar refractivity (Wildman–Crippen MR) is 64.4 cm³/mol. The van der Waals surface area contributed by atoms with Crippen molar-refractivity contribution in [2.24, 2.45) is 5.73 Å². The summed E-state index contributed by atoms with van der Waals surface area (Å²) >= 11 is 6.09. The van der Waals surface area contributed by atoms with E-state index in [1.165, 1.54) is 0 Å². The molecule has 0 bridgehead atoms. The second-order valence-corrected chi connectivity index (χ2v) is 4.21. The Balaban J connectivity index is 2.31. The van der Waals surface area contributed by atoms with Crippen LogP contribution in [0.5, 0.6) is 11.5 Å². The molecule has 1 aromatic carbocycles. The minimum atomic E-state index is 0.619. The third-order valence-corrected chi connectivity index (χ3v) is 2.87. The summed E-state index contributed by atoms with van der Waals surface area (Å²) in [6, 6.07) is 3.85. The van der Waals surface area contributed by atoms with Gasteiger partial charge in [-0.05, 0) is 31.0 Å². The van der Waals surface area contributed by atoms with Crippen LogP contribution in [0.4, 0.5) is 0 Å². The molecular formula is C12H16ClNO2. The number of hydrogen-bond acceptors (Lipinski definition) is 3. The molecule has 0 spiro atoms. The van der Waals surface area contributed by atoms with Crippen LogP contribution in [0, 0.1) is 0 Å². The molecule has 0 unspecified atom stereocenters. The van der Waals surface area contributed by atoms with Crippen LogP contribution >= 0.6 is 11.6 Å². The van der Waals surface area contributed by atoms with Gasteiger partial charge in [-0.2, -0.15) is 0 Å². The van der Waals surface area contributed by atoms with Crippen molar-refractivity contribution in [1.82, 2.24) is 0 Å². The Kier molecular flexibility index (Phi) is 3.91. The highest BCUT2D eigenvalue weighted by Crippen LogP contribution is 2.39. The van der Waals surface area contributed by atoms with Gasteiger partial charge in [-0.1, -0.05) is 17.7 Å². The average Bonchev–Trinajstić information content (AvgIpc) is 2.54. The summed E-state index contributed by atoms with van der Waals surface area (Å²) < 4.78 is 11.3. The van der Waals surface area contributed by atoms with Crippen LogP contribution in [0.2, 0.25) is 5.02 Å². The molecule has 0 saturated heterocycles. The largest absolute Gasteiger partial charge is 0.489 e. The van der Waals surface area contributed by atoms with Crippen molar-refractivity contribution >= 4 is 11.6 Å². The fourth-order valence-corrected chi connectivity index (χ4v) is 1.97. The van der Waals surface area contributed by atoms with E-state index in [0.717, 1.165) is 30.6 Å². The van der Waals surface area contributed by atoms with Gasteiger partial charge in [-0.15, -0.1) is 0 Å². The Bertz CT molecular complexity index is 368. The molecule has 2 N–H and O–H groups in total. The molecule has 0 atom stereocenters. The number of nitrogens with two attached hydrogens (primary N) is 1. The zero-order chi connectivity index (χ0) is 11.4. The maximum atomic E-state index is 6.09. The van der Waals surface area contributed by atoms with Crippen LogP contribution in [0.15, 0.2) is 12.1 Å². The van der Waals surface area contributed by atoms with Gasteiger partial charge in [0, 0.05) is 6.42 Å². The van der Waals surface area contributed by atoms with Crippen molar-refractivity contribution < 1.29 is 9.47 Å². The summed E-state index contributed by atoms with van der Waals surface area (Å²) in [7, 11) is 0. The van der Waals surface area contributed by atoms with E-state index in [-0.39, 0.29) is 0 Å². The van der Waals surface area contributed by atoms with Gasteiger partial charge in [0.25, 0.3) is 0 Å². The van der Waals surface area contributed by atoms with Gasteiger partial charge < -0.3 is 15.2 Å². The Hall–Kier alpha value is -0.930. The molecule has 3 nitrogen and oxygen atoms in total. The first-order valence-electron chi connectivity index (χ1n) is 5.60. The van der Waals surface area contributed by atoms with E-state index in [1.807, 2.05) is 12.1 Å². The molecule has 0 fully saturated rings. The highest BCUT2D eigenvalue weighted by molar-refractivity contribution is 6.32. The lowest BCUT2D eigenvalue weighted by atomic mass is 10.1. The van der Waals surface area contributed by atoms with Crippen LogP contribution in [0.3, 0.4) is 0 Å². The van der Waals surface area contributed by atoms with Crippen molar-refractivity contribution in [3.05, 3.63) is 22.7 Å². The summed E-state index contributed by atoms with van der Waals surface area (Å²) in [5.74, 6) is 1.49. The quantitative estimate of drug-likeness (QED) is 0.884. The molecule has 1 heterocycles. The molecule has 0 aliphatic carbocycles. The van der Waals surface area contributed by atoms with Gasteiger partial charge in [-0.25, -0.2) is 0 Å². The predicted octanol–water partition coefficient (Wildman–Crippen LogP) is 2.39. The smallest absolute Gasteiger partial charge is 0.180 e. The minimum Gasteiger partial charge on any atom is -0.489 e. The maximum absolute atomic E-state index is 6.09. The first kappa shape index (κ1) is 11.6. The summed E-state index contributed by atoms with van der Waals surface area (Å²) in [6.45, 7) is 2.02. The van der Waals surface area contributed by atoms with E-state index in [1.54, 1.807) is 0 Å². The van der Waals surface area contributed by atoms with E-state index in [0.29, 0.717) is 30.5 Å². The van der Waals surface area contributed by atoms with Gasteiger partial charge in [0.2, 0.25) is 0 Å². The number of hydrogen-bond donors (Lipinski definition) is 1. The number of benzene rings is 1. The van der Waals surface area contributed by atoms with Gasteiger partial charge in [0.15, 0.2) is 11.5 Å². The number of aryl methyl sites for hydroxylation is 1. The zero-order valence-electron chi connectivity index (χ0n) is 9.17. The van der Waals surface area contributed by atoms with Gasteiger partial charge >= 0.3 is 0 Å². The molecule has 0 amide bonds. The third kappa shape index (κ3) is 2.42. The highest BCUT2D eigenvalue weighted by Gasteiger charge is 2.17. The zero-order valence-corrected chi connectivity index (χ0v) is 9.93. The van der Waals surface area contributed by atoms with Crippen molar-refractivity contribution in [3.8, 4) is 11.5 Å². The second-order valence-electron chi connectivity index (χ2n) is 3.81. The van der Waals surface area contributed by atoms with Crippen molar-refractivity contribution in [1.29, 1.82) is 0 Å².